The number of nitro benzene ring substituents is 1. The van der Waals surface area contributed by atoms with Crippen molar-refractivity contribution in [2.75, 3.05) is 6.61 Å². The number of carbonyl (C=O) groups is 2. The van der Waals surface area contributed by atoms with E-state index in [0.717, 1.165) is 11.1 Å². The molecule has 1 amide bonds. The van der Waals surface area contributed by atoms with Crippen molar-refractivity contribution in [3.8, 4) is 0 Å². The highest BCUT2D eigenvalue weighted by molar-refractivity contribution is 7.16. The van der Waals surface area contributed by atoms with Gasteiger partial charge >= 0.3 is 5.97 Å². The Kier molecular flexibility index (Phi) is 6.18. The first-order chi connectivity index (χ1) is 13.9. The summed E-state index contributed by atoms with van der Waals surface area (Å²) in [6.45, 7) is 3.67. The number of ether oxygens (including phenoxy) is 1. The van der Waals surface area contributed by atoms with E-state index in [2.05, 4.69) is 4.99 Å². The zero-order chi connectivity index (χ0) is 21.0. The molecule has 0 fully saturated rings. The summed E-state index contributed by atoms with van der Waals surface area (Å²) in [6.07, 6.45) is 0.119. The Morgan fingerprint density at radius 1 is 1.21 bits per heavy atom. The van der Waals surface area contributed by atoms with Crippen LogP contribution in [0.15, 0.2) is 47.5 Å². The zero-order valence-electron chi connectivity index (χ0n) is 16.0. The average molecular weight is 413 g/mol. The van der Waals surface area contributed by atoms with E-state index in [4.69, 9.17) is 4.74 Å². The summed E-state index contributed by atoms with van der Waals surface area (Å²) < 4.78 is 7.16. The minimum absolute atomic E-state index is 0.106. The maximum Gasteiger partial charge on any atom is 0.326 e. The molecule has 0 aliphatic carbocycles. The quantitative estimate of drug-likeness (QED) is 0.351. The van der Waals surface area contributed by atoms with Crippen LogP contribution in [0.5, 0.6) is 0 Å². The number of hydrogen-bond acceptors (Lipinski definition) is 6. The fourth-order valence-corrected chi connectivity index (χ4v) is 3.80. The summed E-state index contributed by atoms with van der Waals surface area (Å²) in [5, 5.41) is 11.1. The van der Waals surface area contributed by atoms with Gasteiger partial charge < -0.3 is 9.30 Å². The van der Waals surface area contributed by atoms with Gasteiger partial charge in [-0.1, -0.05) is 41.2 Å². The molecule has 150 valence electrons. The number of rotatable bonds is 6. The van der Waals surface area contributed by atoms with Gasteiger partial charge in [0.25, 0.3) is 11.6 Å². The van der Waals surface area contributed by atoms with Gasteiger partial charge in [0.15, 0.2) is 4.80 Å². The second kappa shape index (κ2) is 8.78. The van der Waals surface area contributed by atoms with Crippen LogP contribution in [-0.2, 0) is 27.3 Å². The highest BCUT2D eigenvalue weighted by atomic mass is 32.1. The number of carbonyl (C=O) groups excluding carboxylic acids is 2. The van der Waals surface area contributed by atoms with E-state index in [1.165, 1.54) is 28.0 Å². The Labute approximate surface area is 170 Å². The van der Waals surface area contributed by atoms with Crippen LogP contribution in [-0.4, -0.2) is 28.0 Å². The van der Waals surface area contributed by atoms with Crippen molar-refractivity contribution in [2.45, 2.75) is 26.8 Å². The molecule has 29 heavy (non-hydrogen) atoms. The summed E-state index contributed by atoms with van der Waals surface area (Å²) in [5.74, 6) is -0.876. The Balaban J connectivity index is 2.03. The maximum atomic E-state index is 12.5. The van der Waals surface area contributed by atoms with E-state index in [0.29, 0.717) is 15.0 Å². The summed E-state index contributed by atoms with van der Waals surface area (Å²) in [5.41, 5.74) is 2.28. The van der Waals surface area contributed by atoms with E-state index in [1.54, 1.807) is 13.0 Å². The molecule has 3 aromatic rings. The lowest BCUT2D eigenvalue weighted by atomic mass is 10.1. The highest BCUT2D eigenvalue weighted by Gasteiger charge is 2.15. The van der Waals surface area contributed by atoms with Crippen molar-refractivity contribution in [3.05, 3.63) is 68.5 Å². The number of nitrogens with zero attached hydrogens (tertiary/aromatic N) is 3. The molecular formula is C20H19N3O5S. The van der Waals surface area contributed by atoms with Gasteiger partial charge in [-0.2, -0.15) is 4.99 Å². The third-order valence-corrected chi connectivity index (χ3v) is 5.22. The molecular weight excluding hydrogens is 394 g/mol. The van der Waals surface area contributed by atoms with Crippen molar-refractivity contribution in [3.63, 3.8) is 0 Å². The van der Waals surface area contributed by atoms with Crippen LogP contribution in [0, 0.1) is 17.0 Å². The van der Waals surface area contributed by atoms with Gasteiger partial charge in [-0.05, 0) is 25.5 Å². The molecule has 0 aliphatic heterocycles. The molecule has 0 N–H and O–H groups in total. The SMILES string of the molecule is CCOC(=O)Cn1c(=NC(=O)Cc2ccc(C)cc2)sc2ccc([N+](=O)[O-])cc21. The molecule has 0 aliphatic rings. The molecule has 0 atom stereocenters. The van der Waals surface area contributed by atoms with E-state index in [9.17, 15) is 19.7 Å². The largest absolute Gasteiger partial charge is 0.465 e. The number of esters is 1. The Bertz CT molecular complexity index is 1150. The van der Waals surface area contributed by atoms with Gasteiger partial charge in [-0.3, -0.25) is 19.7 Å². The Hall–Kier alpha value is -3.33. The van der Waals surface area contributed by atoms with Crippen molar-refractivity contribution in [2.24, 2.45) is 4.99 Å². The first kappa shape index (κ1) is 20.4. The molecule has 0 spiro atoms. The fourth-order valence-electron chi connectivity index (χ4n) is 2.77. The molecule has 0 radical (unpaired) electrons. The molecule has 1 heterocycles. The van der Waals surface area contributed by atoms with Crippen LogP contribution in [0.1, 0.15) is 18.1 Å². The molecule has 1 aromatic heterocycles. The molecule has 0 bridgehead atoms. The topological polar surface area (TPSA) is 104 Å². The van der Waals surface area contributed by atoms with Crippen LogP contribution in [0.2, 0.25) is 0 Å². The van der Waals surface area contributed by atoms with E-state index in [-0.39, 0.29) is 31.2 Å². The van der Waals surface area contributed by atoms with Crippen LogP contribution in [0.25, 0.3) is 10.2 Å². The minimum Gasteiger partial charge on any atom is -0.465 e. The lowest BCUT2D eigenvalue weighted by molar-refractivity contribution is -0.384. The molecule has 2 aromatic carbocycles. The van der Waals surface area contributed by atoms with E-state index < -0.39 is 10.9 Å². The number of benzene rings is 2. The second-order valence-electron chi connectivity index (χ2n) is 6.35. The van der Waals surface area contributed by atoms with Gasteiger partial charge in [0.05, 0.1) is 28.2 Å². The van der Waals surface area contributed by atoms with Crippen molar-refractivity contribution >= 4 is 39.1 Å². The monoisotopic (exact) mass is 413 g/mol. The molecule has 8 nitrogen and oxygen atoms in total. The van der Waals surface area contributed by atoms with Crippen molar-refractivity contribution in [1.29, 1.82) is 0 Å². The van der Waals surface area contributed by atoms with Gasteiger partial charge in [0.1, 0.15) is 6.54 Å². The molecule has 0 saturated heterocycles. The lowest BCUT2D eigenvalue weighted by Crippen LogP contribution is -2.23. The van der Waals surface area contributed by atoms with Gasteiger partial charge in [0.2, 0.25) is 0 Å². The van der Waals surface area contributed by atoms with Gasteiger partial charge in [0, 0.05) is 12.1 Å². The second-order valence-corrected chi connectivity index (χ2v) is 7.36. The van der Waals surface area contributed by atoms with Crippen molar-refractivity contribution < 1.29 is 19.2 Å². The molecule has 0 saturated carbocycles. The number of non-ortho nitro benzene ring substituents is 1. The number of hydrogen-bond donors (Lipinski definition) is 0. The van der Waals surface area contributed by atoms with Gasteiger partial charge in [-0.25, -0.2) is 0 Å². The Morgan fingerprint density at radius 2 is 1.93 bits per heavy atom. The van der Waals surface area contributed by atoms with E-state index in [1.807, 2.05) is 31.2 Å². The summed E-state index contributed by atoms with van der Waals surface area (Å²) in [7, 11) is 0. The summed E-state index contributed by atoms with van der Waals surface area (Å²) >= 11 is 1.19. The van der Waals surface area contributed by atoms with Crippen LogP contribution in [0.3, 0.4) is 0 Å². The third-order valence-electron chi connectivity index (χ3n) is 4.17. The number of amides is 1. The van der Waals surface area contributed by atoms with Crippen LogP contribution in [0.4, 0.5) is 5.69 Å². The van der Waals surface area contributed by atoms with Crippen LogP contribution >= 0.6 is 11.3 Å². The average Bonchev–Trinajstić information content (AvgIpc) is 3.00. The maximum absolute atomic E-state index is 12.5. The van der Waals surface area contributed by atoms with E-state index >= 15 is 0 Å². The number of aryl methyl sites for hydroxylation is 1. The predicted molar refractivity (Wildman–Crippen MR) is 109 cm³/mol. The first-order valence-corrected chi connectivity index (χ1v) is 9.75. The standard InChI is InChI=1S/C20H19N3O5S/c1-3-28-19(25)12-22-16-11-15(23(26)27)8-9-17(16)29-20(22)21-18(24)10-14-6-4-13(2)5-7-14/h4-9,11H,3,10,12H2,1-2H3. The minimum atomic E-state index is -0.509. The number of fused-ring (bicyclic) bond motifs is 1. The first-order valence-electron chi connectivity index (χ1n) is 8.94. The fraction of sp³-hybridized carbons (Fsp3) is 0.250. The lowest BCUT2D eigenvalue weighted by Gasteiger charge is -2.05. The highest BCUT2D eigenvalue weighted by Crippen LogP contribution is 2.23. The van der Waals surface area contributed by atoms with Crippen molar-refractivity contribution in [1.82, 2.24) is 4.57 Å². The summed E-state index contributed by atoms with van der Waals surface area (Å²) in [6, 6.07) is 11.9. The smallest absolute Gasteiger partial charge is 0.326 e. The number of thiazole rings is 1. The third kappa shape index (κ3) is 4.94. The predicted octanol–water partition coefficient (Wildman–Crippen LogP) is 3.15. The zero-order valence-corrected chi connectivity index (χ0v) is 16.8. The van der Waals surface area contributed by atoms with Crippen LogP contribution < -0.4 is 4.80 Å². The number of aromatic nitrogens is 1. The number of nitro groups is 1. The molecule has 0 unspecified atom stereocenters. The molecule has 3 rings (SSSR count). The van der Waals surface area contributed by atoms with Gasteiger partial charge in [-0.15, -0.1) is 0 Å². The normalized spacial score (nSPS) is 11.6. The summed E-state index contributed by atoms with van der Waals surface area (Å²) in [4.78, 5) is 39.6. The Morgan fingerprint density at radius 3 is 2.59 bits per heavy atom. The molecule has 9 heteroatoms.